The van der Waals surface area contributed by atoms with Crippen LogP contribution < -0.4 is 10.5 Å². The van der Waals surface area contributed by atoms with Gasteiger partial charge in [0.05, 0.1) is 13.7 Å². The van der Waals surface area contributed by atoms with Crippen LogP contribution in [-0.2, 0) is 15.2 Å². The molecule has 0 spiro atoms. The van der Waals surface area contributed by atoms with Gasteiger partial charge in [-0.2, -0.15) is 0 Å². The maximum Gasteiger partial charge on any atom is 0.322 e. The van der Waals surface area contributed by atoms with Gasteiger partial charge in [0.25, 0.3) is 5.92 Å². The molecule has 38 heavy (non-hydrogen) atoms. The number of benzene rings is 2. The van der Waals surface area contributed by atoms with Crippen LogP contribution in [-0.4, -0.2) is 59.2 Å². The molecule has 0 aliphatic carbocycles. The van der Waals surface area contributed by atoms with E-state index in [-0.39, 0.29) is 22.8 Å². The first-order valence-corrected chi connectivity index (χ1v) is 11.6. The highest BCUT2D eigenvalue weighted by atomic mass is 19.3. The first-order chi connectivity index (χ1) is 18.1. The Balaban J connectivity index is 1.77. The molecule has 1 saturated heterocycles. The number of aromatic nitrogens is 1. The normalized spacial score (nSPS) is 22.5. The highest BCUT2D eigenvalue weighted by Crippen LogP contribution is 2.48. The molecule has 2 aromatic carbocycles. The standard InChI is InChI=1S/C26H23F4N5O3/c1-15(36)38-35-14-25(29,30)13-34-23(35)26(33-24(34)31,16-8-10-32-11-9-16)17-6-7-20(27)19(12-17)18-4-3-5-21(37-2)22(18)28/h3-12,23H,13-14H2,1-2H3,(H2,31,33). The SMILES string of the molecule is COc1cccc(-c2cc(C3(c4ccncc4)N=C(N)N4CC(F)(F)CN(OC(C)=O)C43)ccc2F)c1F. The number of hydrogen-bond acceptors (Lipinski definition) is 8. The zero-order valence-corrected chi connectivity index (χ0v) is 20.4. The van der Waals surface area contributed by atoms with E-state index < -0.39 is 48.3 Å². The zero-order chi connectivity index (χ0) is 27.2. The summed E-state index contributed by atoms with van der Waals surface area (Å²) in [7, 11) is 1.29. The molecule has 0 bridgehead atoms. The largest absolute Gasteiger partial charge is 0.494 e. The number of halogens is 4. The number of hydrogen-bond donors (Lipinski definition) is 1. The van der Waals surface area contributed by atoms with Crippen molar-refractivity contribution in [1.29, 1.82) is 0 Å². The number of nitrogens with zero attached hydrogens (tertiary/aromatic N) is 4. The number of methoxy groups -OCH3 is 1. The maximum atomic E-state index is 15.2. The predicted molar refractivity (Wildman–Crippen MR) is 129 cm³/mol. The minimum absolute atomic E-state index is 0.0765. The summed E-state index contributed by atoms with van der Waals surface area (Å²) >= 11 is 0. The van der Waals surface area contributed by atoms with E-state index in [0.29, 0.717) is 11.1 Å². The van der Waals surface area contributed by atoms with Crippen molar-refractivity contribution in [3.05, 3.63) is 83.7 Å². The average Bonchev–Trinajstić information content (AvgIpc) is 3.17. The fraction of sp³-hybridized carbons (Fsp3) is 0.269. The minimum Gasteiger partial charge on any atom is -0.494 e. The van der Waals surface area contributed by atoms with Crippen molar-refractivity contribution in [2.45, 2.75) is 24.6 Å². The topological polar surface area (TPSA) is 93.3 Å². The second-order valence-corrected chi connectivity index (χ2v) is 9.00. The van der Waals surface area contributed by atoms with Crippen molar-refractivity contribution in [2.75, 3.05) is 20.2 Å². The van der Waals surface area contributed by atoms with Crippen LogP contribution in [0.25, 0.3) is 11.1 Å². The van der Waals surface area contributed by atoms with Crippen LogP contribution in [0.15, 0.2) is 65.9 Å². The summed E-state index contributed by atoms with van der Waals surface area (Å²) in [6.45, 7) is -0.635. The lowest BCUT2D eigenvalue weighted by atomic mass is 9.79. The second-order valence-electron chi connectivity index (χ2n) is 9.00. The molecule has 0 amide bonds. The lowest BCUT2D eigenvalue weighted by Gasteiger charge is -2.47. The molecule has 198 valence electrons. The molecule has 12 heteroatoms. The van der Waals surface area contributed by atoms with Gasteiger partial charge in [0, 0.05) is 30.4 Å². The molecule has 1 fully saturated rings. The Bertz CT molecular complexity index is 1420. The van der Waals surface area contributed by atoms with E-state index in [9.17, 15) is 13.6 Å². The number of carbonyl (C=O) groups excluding carboxylic acids is 1. The summed E-state index contributed by atoms with van der Waals surface area (Å²) in [4.78, 5) is 27.0. The van der Waals surface area contributed by atoms with Crippen molar-refractivity contribution in [3.8, 4) is 16.9 Å². The van der Waals surface area contributed by atoms with Crippen LogP contribution >= 0.6 is 0 Å². The molecule has 5 rings (SSSR count). The Labute approximate surface area is 215 Å². The van der Waals surface area contributed by atoms with Gasteiger partial charge in [-0.3, -0.25) is 9.78 Å². The summed E-state index contributed by atoms with van der Waals surface area (Å²) in [5.74, 6) is -5.95. The Morgan fingerprint density at radius 3 is 2.47 bits per heavy atom. The van der Waals surface area contributed by atoms with Crippen LogP contribution in [0.2, 0.25) is 0 Å². The second kappa shape index (κ2) is 9.28. The average molecular weight is 529 g/mol. The molecule has 2 unspecified atom stereocenters. The first-order valence-electron chi connectivity index (χ1n) is 11.6. The summed E-state index contributed by atoms with van der Waals surface area (Å²) < 4.78 is 64.9. The third kappa shape index (κ3) is 4.10. The van der Waals surface area contributed by atoms with Crippen molar-refractivity contribution < 1.29 is 31.9 Å². The number of alkyl halides is 2. The third-order valence-electron chi connectivity index (χ3n) is 6.56. The monoisotopic (exact) mass is 529 g/mol. The molecule has 3 aromatic rings. The van der Waals surface area contributed by atoms with E-state index in [1.165, 1.54) is 49.8 Å². The maximum absolute atomic E-state index is 15.2. The minimum atomic E-state index is -3.29. The molecule has 2 aliphatic heterocycles. The highest BCUT2D eigenvalue weighted by Gasteiger charge is 2.61. The Hall–Kier alpha value is -4.19. The molecule has 0 radical (unpaired) electrons. The summed E-state index contributed by atoms with van der Waals surface area (Å²) in [5, 5.41) is 0.838. The summed E-state index contributed by atoms with van der Waals surface area (Å²) in [5.41, 5.74) is 5.17. The molecule has 2 aliphatic rings. The van der Waals surface area contributed by atoms with Crippen molar-refractivity contribution >= 4 is 11.9 Å². The molecular weight excluding hydrogens is 506 g/mol. The van der Waals surface area contributed by atoms with Crippen LogP contribution in [0.1, 0.15) is 18.1 Å². The van der Waals surface area contributed by atoms with E-state index in [4.69, 9.17) is 15.3 Å². The van der Waals surface area contributed by atoms with Crippen LogP contribution in [0.5, 0.6) is 5.75 Å². The first kappa shape index (κ1) is 25.5. The Morgan fingerprint density at radius 1 is 1.05 bits per heavy atom. The molecular formula is C26H23F4N5O3. The Morgan fingerprint density at radius 2 is 1.79 bits per heavy atom. The number of pyridine rings is 1. The molecule has 8 nitrogen and oxygen atoms in total. The lowest BCUT2D eigenvalue weighted by molar-refractivity contribution is -0.263. The lowest BCUT2D eigenvalue weighted by Crippen LogP contribution is -2.66. The zero-order valence-electron chi connectivity index (χ0n) is 20.4. The molecule has 1 aromatic heterocycles. The van der Waals surface area contributed by atoms with Crippen LogP contribution in [0.4, 0.5) is 17.6 Å². The van der Waals surface area contributed by atoms with Gasteiger partial charge in [0.1, 0.15) is 12.4 Å². The molecule has 3 heterocycles. The highest BCUT2D eigenvalue weighted by molar-refractivity contribution is 5.83. The van der Waals surface area contributed by atoms with Gasteiger partial charge in [-0.05, 0) is 41.5 Å². The quantitative estimate of drug-likeness (QED) is 0.505. The van der Waals surface area contributed by atoms with Gasteiger partial charge in [0.2, 0.25) is 0 Å². The van der Waals surface area contributed by atoms with Crippen molar-refractivity contribution in [3.63, 3.8) is 0 Å². The van der Waals surface area contributed by atoms with E-state index >= 15 is 8.78 Å². The van der Waals surface area contributed by atoms with Gasteiger partial charge < -0.3 is 20.2 Å². The smallest absolute Gasteiger partial charge is 0.322 e. The van der Waals surface area contributed by atoms with E-state index in [2.05, 4.69) is 9.98 Å². The fourth-order valence-electron chi connectivity index (χ4n) is 5.09. The summed E-state index contributed by atoms with van der Waals surface area (Å²) in [6.07, 6.45) is 1.79. The van der Waals surface area contributed by atoms with E-state index in [1.807, 2.05) is 0 Å². The van der Waals surface area contributed by atoms with Gasteiger partial charge in [-0.15, -0.1) is 5.06 Å². The number of carbonyl (C=O) groups is 1. The summed E-state index contributed by atoms with van der Waals surface area (Å²) in [6, 6.07) is 11.4. The van der Waals surface area contributed by atoms with Crippen molar-refractivity contribution in [2.24, 2.45) is 10.7 Å². The van der Waals surface area contributed by atoms with E-state index in [0.717, 1.165) is 23.0 Å². The third-order valence-corrected chi connectivity index (χ3v) is 6.56. The number of aliphatic imine (C=N–C) groups is 1. The van der Waals surface area contributed by atoms with Gasteiger partial charge >= 0.3 is 5.97 Å². The van der Waals surface area contributed by atoms with Gasteiger partial charge in [0.15, 0.2) is 29.2 Å². The molecule has 2 atom stereocenters. The number of fused-ring (bicyclic) bond motifs is 1. The fourth-order valence-corrected chi connectivity index (χ4v) is 5.09. The van der Waals surface area contributed by atoms with Gasteiger partial charge in [-0.1, -0.05) is 18.2 Å². The van der Waals surface area contributed by atoms with Gasteiger partial charge in [-0.25, -0.2) is 22.6 Å². The predicted octanol–water partition coefficient (Wildman–Crippen LogP) is 3.66. The molecule has 2 N–H and O–H groups in total. The Kier molecular flexibility index (Phi) is 6.22. The number of guanidine groups is 1. The van der Waals surface area contributed by atoms with Crippen molar-refractivity contribution in [1.82, 2.24) is 14.9 Å². The number of ether oxygens (including phenoxy) is 1. The number of rotatable bonds is 5. The van der Waals surface area contributed by atoms with E-state index in [1.54, 1.807) is 12.1 Å². The number of nitrogens with two attached hydrogens (primary N) is 1. The van der Waals surface area contributed by atoms with Crippen LogP contribution in [0, 0.1) is 11.6 Å². The van der Waals surface area contributed by atoms with Crippen LogP contribution in [0.3, 0.4) is 0 Å². The number of hydroxylamine groups is 2. The molecule has 0 saturated carbocycles.